The second kappa shape index (κ2) is 6.18. The summed E-state index contributed by atoms with van der Waals surface area (Å²) >= 11 is 6.00. The lowest BCUT2D eigenvalue weighted by atomic mass is 10.0. The molecule has 1 aliphatic heterocycles. The Kier molecular flexibility index (Phi) is 4.58. The molecule has 0 radical (unpaired) electrons. The number of nitrogens with one attached hydrogen (secondary N) is 1. The van der Waals surface area contributed by atoms with Crippen LogP contribution in [0, 0.1) is 0 Å². The van der Waals surface area contributed by atoms with Gasteiger partial charge in [0.2, 0.25) is 5.91 Å². The number of piperazine rings is 1. The lowest BCUT2D eigenvalue weighted by molar-refractivity contribution is -0.138. The monoisotopic (exact) mass is 268 g/mol. The Balaban J connectivity index is 2.20. The number of ether oxygens (including phenoxy) is 1. The fourth-order valence-corrected chi connectivity index (χ4v) is 2.42. The van der Waals surface area contributed by atoms with Gasteiger partial charge in [0.05, 0.1) is 6.04 Å². The van der Waals surface area contributed by atoms with Gasteiger partial charge in [0.1, 0.15) is 6.61 Å². The number of halogens is 1. The highest BCUT2D eigenvalue weighted by Gasteiger charge is 2.27. The van der Waals surface area contributed by atoms with Crippen LogP contribution in [0.1, 0.15) is 11.6 Å². The molecule has 2 rings (SSSR count). The van der Waals surface area contributed by atoms with Gasteiger partial charge in [-0.15, -0.1) is 0 Å². The molecule has 1 atom stereocenters. The van der Waals surface area contributed by atoms with Crippen LogP contribution in [0.25, 0.3) is 0 Å². The summed E-state index contributed by atoms with van der Waals surface area (Å²) < 4.78 is 4.93. The number of hydrogen-bond donors (Lipinski definition) is 1. The summed E-state index contributed by atoms with van der Waals surface area (Å²) in [5.41, 5.74) is 1.05. The first kappa shape index (κ1) is 13.3. The minimum absolute atomic E-state index is 0.0176. The minimum Gasteiger partial charge on any atom is -0.375 e. The van der Waals surface area contributed by atoms with Crippen molar-refractivity contribution in [1.29, 1.82) is 0 Å². The van der Waals surface area contributed by atoms with Gasteiger partial charge in [0.25, 0.3) is 0 Å². The Morgan fingerprint density at radius 3 is 3.17 bits per heavy atom. The molecule has 0 spiro atoms. The Morgan fingerprint density at radius 1 is 1.61 bits per heavy atom. The maximum Gasteiger partial charge on any atom is 0.249 e. The summed E-state index contributed by atoms with van der Waals surface area (Å²) in [7, 11) is 1.54. The summed E-state index contributed by atoms with van der Waals surface area (Å²) in [6.45, 7) is 2.37. The number of hydrogen-bond acceptors (Lipinski definition) is 3. The Hall–Kier alpha value is -1.10. The molecule has 0 bridgehead atoms. The molecule has 1 aliphatic rings. The Labute approximate surface area is 112 Å². The summed E-state index contributed by atoms with van der Waals surface area (Å²) in [6.07, 6.45) is 0. The van der Waals surface area contributed by atoms with Gasteiger partial charge in [-0.3, -0.25) is 4.79 Å². The highest BCUT2D eigenvalue weighted by atomic mass is 35.5. The van der Waals surface area contributed by atoms with Crippen LogP contribution in [0.4, 0.5) is 0 Å². The fourth-order valence-electron chi connectivity index (χ4n) is 2.22. The van der Waals surface area contributed by atoms with Crippen molar-refractivity contribution < 1.29 is 9.53 Å². The Morgan fingerprint density at radius 2 is 2.44 bits per heavy atom. The molecular formula is C13H17ClN2O2. The number of rotatable bonds is 3. The second-order valence-electron chi connectivity index (χ2n) is 4.30. The first-order chi connectivity index (χ1) is 8.72. The predicted octanol–water partition coefficient (Wildman–Crippen LogP) is 1.46. The van der Waals surface area contributed by atoms with E-state index in [-0.39, 0.29) is 18.6 Å². The third-order valence-electron chi connectivity index (χ3n) is 3.06. The van der Waals surface area contributed by atoms with Crippen LogP contribution in [0.5, 0.6) is 0 Å². The summed E-state index contributed by atoms with van der Waals surface area (Å²) in [5.74, 6) is 0.0176. The van der Waals surface area contributed by atoms with Crippen LogP contribution in [-0.4, -0.2) is 44.2 Å². The zero-order chi connectivity index (χ0) is 13.0. The quantitative estimate of drug-likeness (QED) is 0.902. The van der Waals surface area contributed by atoms with Gasteiger partial charge in [0.15, 0.2) is 0 Å². The molecule has 1 amide bonds. The molecule has 18 heavy (non-hydrogen) atoms. The van der Waals surface area contributed by atoms with E-state index in [0.29, 0.717) is 11.6 Å². The van der Waals surface area contributed by atoms with Gasteiger partial charge in [-0.1, -0.05) is 23.7 Å². The van der Waals surface area contributed by atoms with Crippen molar-refractivity contribution in [2.45, 2.75) is 6.04 Å². The van der Waals surface area contributed by atoms with E-state index in [0.717, 1.165) is 18.7 Å². The SMILES string of the molecule is COCC(=O)N1CCNCC1c1cccc(Cl)c1. The topological polar surface area (TPSA) is 41.6 Å². The number of benzene rings is 1. The maximum atomic E-state index is 12.0. The van der Waals surface area contributed by atoms with Crippen LogP contribution in [-0.2, 0) is 9.53 Å². The van der Waals surface area contributed by atoms with Crippen molar-refractivity contribution >= 4 is 17.5 Å². The van der Waals surface area contributed by atoms with Crippen molar-refractivity contribution in [2.75, 3.05) is 33.4 Å². The van der Waals surface area contributed by atoms with E-state index in [4.69, 9.17) is 16.3 Å². The van der Waals surface area contributed by atoms with Crippen LogP contribution in [0.2, 0.25) is 5.02 Å². The van der Waals surface area contributed by atoms with Gasteiger partial charge in [-0.2, -0.15) is 0 Å². The molecule has 1 aromatic rings. The molecule has 0 saturated carbocycles. The zero-order valence-electron chi connectivity index (χ0n) is 10.4. The largest absolute Gasteiger partial charge is 0.375 e. The molecule has 1 aromatic carbocycles. The van der Waals surface area contributed by atoms with E-state index < -0.39 is 0 Å². The third kappa shape index (κ3) is 3.02. The van der Waals surface area contributed by atoms with E-state index >= 15 is 0 Å². The van der Waals surface area contributed by atoms with Crippen molar-refractivity contribution in [1.82, 2.24) is 10.2 Å². The van der Waals surface area contributed by atoms with Gasteiger partial charge in [-0.05, 0) is 17.7 Å². The summed E-state index contributed by atoms with van der Waals surface area (Å²) in [4.78, 5) is 13.9. The molecule has 1 N–H and O–H groups in total. The highest BCUT2D eigenvalue weighted by molar-refractivity contribution is 6.30. The van der Waals surface area contributed by atoms with E-state index in [1.807, 2.05) is 29.2 Å². The van der Waals surface area contributed by atoms with Crippen molar-refractivity contribution in [3.8, 4) is 0 Å². The van der Waals surface area contributed by atoms with Crippen LogP contribution in [0.3, 0.4) is 0 Å². The molecule has 1 saturated heterocycles. The van der Waals surface area contributed by atoms with Crippen molar-refractivity contribution in [3.05, 3.63) is 34.9 Å². The second-order valence-corrected chi connectivity index (χ2v) is 4.73. The molecule has 4 nitrogen and oxygen atoms in total. The molecule has 5 heteroatoms. The van der Waals surface area contributed by atoms with Gasteiger partial charge in [-0.25, -0.2) is 0 Å². The first-order valence-electron chi connectivity index (χ1n) is 5.97. The highest BCUT2D eigenvalue weighted by Crippen LogP contribution is 2.24. The normalized spacial score (nSPS) is 19.9. The van der Waals surface area contributed by atoms with Crippen LogP contribution in [0.15, 0.2) is 24.3 Å². The van der Waals surface area contributed by atoms with Crippen LogP contribution < -0.4 is 5.32 Å². The van der Waals surface area contributed by atoms with Crippen molar-refractivity contribution in [3.63, 3.8) is 0 Å². The number of carbonyl (C=O) groups is 1. The van der Waals surface area contributed by atoms with Gasteiger partial charge < -0.3 is 15.0 Å². The summed E-state index contributed by atoms with van der Waals surface area (Å²) in [5, 5.41) is 3.99. The zero-order valence-corrected chi connectivity index (χ0v) is 11.1. The van der Waals surface area contributed by atoms with Gasteiger partial charge in [0, 0.05) is 31.8 Å². The van der Waals surface area contributed by atoms with Crippen molar-refractivity contribution in [2.24, 2.45) is 0 Å². The third-order valence-corrected chi connectivity index (χ3v) is 3.30. The number of carbonyl (C=O) groups excluding carboxylic acids is 1. The summed E-state index contributed by atoms with van der Waals surface area (Å²) in [6, 6.07) is 7.68. The van der Waals surface area contributed by atoms with Gasteiger partial charge >= 0.3 is 0 Å². The predicted molar refractivity (Wildman–Crippen MR) is 70.7 cm³/mol. The fraction of sp³-hybridized carbons (Fsp3) is 0.462. The molecule has 1 fully saturated rings. The van der Waals surface area contributed by atoms with E-state index in [2.05, 4.69) is 5.32 Å². The molecule has 98 valence electrons. The maximum absolute atomic E-state index is 12.0. The average Bonchev–Trinajstić information content (AvgIpc) is 2.39. The molecular weight excluding hydrogens is 252 g/mol. The first-order valence-corrected chi connectivity index (χ1v) is 6.34. The Bertz CT molecular complexity index is 425. The average molecular weight is 269 g/mol. The molecule has 1 heterocycles. The minimum atomic E-state index is 0.0176. The smallest absolute Gasteiger partial charge is 0.249 e. The van der Waals surface area contributed by atoms with E-state index in [9.17, 15) is 4.79 Å². The molecule has 0 aliphatic carbocycles. The number of methoxy groups -OCH3 is 1. The molecule has 0 aromatic heterocycles. The number of amides is 1. The standard InChI is InChI=1S/C13H17ClN2O2/c1-18-9-13(17)16-6-5-15-8-12(16)10-3-2-4-11(14)7-10/h2-4,7,12,15H,5-6,8-9H2,1H3. The lowest BCUT2D eigenvalue weighted by Gasteiger charge is -2.36. The van der Waals surface area contributed by atoms with E-state index in [1.165, 1.54) is 7.11 Å². The number of nitrogens with zero attached hydrogens (tertiary/aromatic N) is 1. The lowest BCUT2D eigenvalue weighted by Crippen LogP contribution is -2.49. The molecule has 1 unspecified atom stereocenters. The van der Waals surface area contributed by atoms with Crippen LogP contribution >= 0.6 is 11.6 Å². The van der Waals surface area contributed by atoms with E-state index in [1.54, 1.807) is 0 Å².